The van der Waals surface area contributed by atoms with E-state index >= 15 is 0 Å². The second kappa shape index (κ2) is 7.17. The Hall–Kier alpha value is -2.25. The molecule has 1 fully saturated rings. The summed E-state index contributed by atoms with van der Waals surface area (Å²) >= 11 is 6.66. The van der Waals surface area contributed by atoms with Crippen LogP contribution in [-0.4, -0.2) is 11.1 Å². The lowest BCUT2D eigenvalue weighted by Crippen LogP contribution is -2.19. The number of aliphatic imine (C=N–C) groups is 1. The number of halogens is 4. The Balaban J connectivity index is 1.85. The molecular weight excluding hydrogens is 385 g/mol. The predicted molar refractivity (Wildman–Crippen MR) is 98.4 cm³/mol. The van der Waals surface area contributed by atoms with E-state index in [0.717, 1.165) is 35.0 Å². The summed E-state index contributed by atoms with van der Waals surface area (Å²) in [5.74, 6) is -0.348. The van der Waals surface area contributed by atoms with Gasteiger partial charge in [0.1, 0.15) is 0 Å². The highest BCUT2D eigenvalue weighted by atomic mass is 35.5. The number of amides is 1. The van der Waals surface area contributed by atoms with Gasteiger partial charge in [-0.3, -0.25) is 4.79 Å². The molecule has 0 aliphatic carbocycles. The van der Waals surface area contributed by atoms with Crippen LogP contribution in [0.4, 0.5) is 18.9 Å². The molecule has 0 radical (unpaired) electrons. The highest BCUT2D eigenvalue weighted by molar-refractivity contribution is 8.18. The number of thioether (sulfide) groups is 1. The minimum atomic E-state index is -4.57. The normalized spacial score (nSPS) is 17.8. The van der Waals surface area contributed by atoms with E-state index in [-0.39, 0.29) is 16.8 Å². The summed E-state index contributed by atoms with van der Waals surface area (Å²) in [5.41, 5.74) is 1.04. The lowest BCUT2D eigenvalue weighted by molar-refractivity contribution is -0.137. The molecule has 0 bridgehead atoms. The molecule has 1 saturated heterocycles. The third kappa shape index (κ3) is 4.28. The highest BCUT2D eigenvalue weighted by Gasteiger charge is 2.33. The van der Waals surface area contributed by atoms with Crippen LogP contribution in [0.25, 0.3) is 6.08 Å². The van der Waals surface area contributed by atoms with E-state index in [1.165, 1.54) is 6.07 Å². The Kier molecular flexibility index (Phi) is 5.11. The van der Waals surface area contributed by atoms with Gasteiger partial charge in [0.05, 0.1) is 21.2 Å². The Morgan fingerprint density at radius 1 is 1.15 bits per heavy atom. The van der Waals surface area contributed by atoms with Crippen molar-refractivity contribution in [1.29, 1.82) is 0 Å². The molecule has 3 nitrogen and oxygen atoms in total. The Morgan fingerprint density at radius 3 is 2.50 bits per heavy atom. The molecule has 0 aromatic heterocycles. The third-order valence-corrected chi connectivity index (χ3v) is 4.75. The van der Waals surface area contributed by atoms with E-state index in [1.54, 1.807) is 6.08 Å². The summed E-state index contributed by atoms with van der Waals surface area (Å²) in [7, 11) is 0. The zero-order chi connectivity index (χ0) is 18.9. The summed E-state index contributed by atoms with van der Waals surface area (Å²) in [5, 5.41) is 2.36. The summed E-state index contributed by atoms with van der Waals surface area (Å²) < 4.78 is 38.8. The van der Waals surface area contributed by atoms with Crippen molar-refractivity contribution in [3.63, 3.8) is 0 Å². The average Bonchev–Trinajstić information content (AvgIpc) is 2.90. The third-order valence-electron chi connectivity index (χ3n) is 3.51. The number of alkyl halides is 3. The largest absolute Gasteiger partial charge is 0.417 e. The van der Waals surface area contributed by atoms with Gasteiger partial charge in [-0.15, -0.1) is 0 Å². The molecule has 8 heteroatoms. The zero-order valence-electron chi connectivity index (χ0n) is 13.4. The first kappa shape index (κ1) is 18.5. The molecule has 26 heavy (non-hydrogen) atoms. The summed E-state index contributed by atoms with van der Waals surface area (Å²) in [6.45, 7) is 1.96. The van der Waals surface area contributed by atoms with E-state index in [2.05, 4.69) is 10.3 Å². The Labute approximate surface area is 157 Å². The van der Waals surface area contributed by atoms with E-state index < -0.39 is 16.8 Å². The topological polar surface area (TPSA) is 41.5 Å². The average molecular weight is 397 g/mol. The van der Waals surface area contributed by atoms with Gasteiger partial charge in [-0.25, -0.2) is 4.99 Å². The lowest BCUT2D eigenvalue weighted by atomic mass is 10.1. The van der Waals surface area contributed by atoms with Crippen LogP contribution < -0.4 is 5.32 Å². The first-order chi connectivity index (χ1) is 12.2. The van der Waals surface area contributed by atoms with Gasteiger partial charge in [-0.05, 0) is 48.5 Å². The van der Waals surface area contributed by atoms with Crippen molar-refractivity contribution >= 4 is 46.2 Å². The first-order valence-electron chi connectivity index (χ1n) is 7.45. The SMILES string of the molecule is Cc1ccc(/C=C2\SC(=Nc3ccc(Cl)c(C(F)(F)F)c3)NC2=O)cc1. The van der Waals surface area contributed by atoms with Crippen LogP contribution in [0, 0.1) is 6.92 Å². The van der Waals surface area contributed by atoms with Gasteiger partial charge in [-0.2, -0.15) is 13.2 Å². The minimum absolute atomic E-state index is 0.0566. The van der Waals surface area contributed by atoms with Gasteiger partial charge in [0, 0.05) is 0 Å². The van der Waals surface area contributed by atoms with Crippen molar-refractivity contribution in [3.8, 4) is 0 Å². The van der Waals surface area contributed by atoms with Crippen LogP contribution >= 0.6 is 23.4 Å². The van der Waals surface area contributed by atoms with Gasteiger partial charge < -0.3 is 5.32 Å². The number of nitrogens with zero attached hydrogens (tertiary/aromatic N) is 1. The number of amidine groups is 1. The molecule has 0 atom stereocenters. The fourth-order valence-electron chi connectivity index (χ4n) is 2.21. The summed E-state index contributed by atoms with van der Waals surface area (Å²) in [6.07, 6.45) is -2.87. The molecular formula is C18H12ClF3N2OS. The molecule has 0 saturated carbocycles. The smallest absolute Gasteiger partial charge is 0.300 e. The number of nitrogens with one attached hydrogen (secondary N) is 1. The van der Waals surface area contributed by atoms with Gasteiger partial charge in [-0.1, -0.05) is 41.4 Å². The number of hydrogen-bond donors (Lipinski definition) is 1. The van der Waals surface area contributed by atoms with E-state index in [4.69, 9.17) is 11.6 Å². The number of benzene rings is 2. The van der Waals surface area contributed by atoms with Gasteiger partial charge in [0.25, 0.3) is 5.91 Å². The van der Waals surface area contributed by atoms with Crippen molar-refractivity contribution in [3.05, 3.63) is 69.1 Å². The molecule has 0 unspecified atom stereocenters. The van der Waals surface area contributed by atoms with Gasteiger partial charge in [0.15, 0.2) is 5.17 Å². The summed E-state index contributed by atoms with van der Waals surface area (Å²) in [4.78, 5) is 16.5. The van der Waals surface area contributed by atoms with E-state index in [1.807, 2.05) is 31.2 Å². The van der Waals surface area contributed by atoms with Crippen LogP contribution in [0.1, 0.15) is 16.7 Å². The zero-order valence-corrected chi connectivity index (χ0v) is 15.0. The summed E-state index contributed by atoms with van der Waals surface area (Å²) in [6, 6.07) is 10.9. The Morgan fingerprint density at radius 2 is 1.85 bits per heavy atom. The Bertz CT molecular complexity index is 921. The standard InChI is InChI=1S/C18H12ClF3N2OS/c1-10-2-4-11(5-3-10)8-15-16(25)24-17(26-15)23-12-6-7-14(19)13(9-12)18(20,21)22/h2-9H,1H3,(H,23,24,25)/b15-8-. The van der Waals surface area contributed by atoms with Crippen LogP contribution in [0.15, 0.2) is 52.4 Å². The maximum absolute atomic E-state index is 12.9. The van der Waals surface area contributed by atoms with Crippen molar-refractivity contribution in [2.45, 2.75) is 13.1 Å². The monoisotopic (exact) mass is 396 g/mol. The number of rotatable bonds is 2. The van der Waals surface area contributed by atoms with Crippen LogP contribution in [0.3, 0.4) is 0 Å². The predicted octanol–water partition coefficient (Wildman–Crippen LogP) is 5.56. The van der Waals surface area contributed by atoms with Gasteiger partial charge in [0.2, 0.25) is 0 Å². The lowest BCUT2D eigenvalue weighted by Gasteiger charge is -2.09. The van der Waals surface area contributed by atoms with Crippen LogP contribution in [0.2, 0.25) is 5.02 Å². The molecule has 2 aromatic rings. The molecule has 3 rings (SSSR count). The van der Waals surface area contributed by atoms with E-state index in [9.17, 15) is 18.0 Å². The number of aryl methyl sites for hydroxylation is 1. The minimum Gasteiger partial charge on any atom is -0.300 e. The molecule has 1 amide bonds. The van der Waals surface area contributed by atoms with Crippen molar-refractivity contribution < 1.29 is 18.0 Å². The molecule has 0 spiro atoms. The van der Waals surface area contributed by atoms with Crippen molar-refractivity contribution in [2.75, 3.05) is 0 Å². The highest BCUT2D eigenvalue weighted by Crippen LogP contribution is 2.37. The fraction of sp³-hybridized carbons (Fsp3) is 0.111. The second-order valence-corrected chi connectivity index (χ2v) is 6.99. The maximum Gasteiger partial charge on any atom is 0.417 e. The quantitative estimate of drug-likeness (QED) is 0.675. The second-order valence-electron chi connectivity index (χ2n) is 5.55. The number of carbonyl (C=O) groups is 1. The van der Waals surface area contributed by atoms with Crippen LogP contribution in [0.5, 0.6) is 0 Å². The first-order valence-corrected chi connectivity index (χ1v) is 8.65. The van der Waals surface area contributed by atoms with E-state index in [0.29, 0.717) is 4.91 Å². The molecule has 1 heterocycles. The molecule has 2 aromatic carbocycles. The van der Waals surface area contributed by atoms with Crippen LogP contribution in [-0.2, 0) is 11.0 Å². The number of hydrogen-bond acceptors (Lipinski definition) is 3. The van der Waals surface area contributed by atoms with Crippen molar-refractivity contribution in [1.82, 2.24) is 5.32 Å². The molecule has 1 N–H and O–H groups in total. The molecule has 1 aliphatic rings. The van der Waals surface area contributed by atoms with Crippen molar-refractivity contribution in [2.24, 2.45) is 4.99 Å². The number of carbonyl (C=O) groups excluding carboxylic acids is 1. The molecule has 134 valence electrons. The fourth-order valence-corrected chi connectivity index (χ4v) is 3.28. The molecule has 1 aliphatic heterocycles. The maximum atomic E-state index is 12.9. The van der Waals surface area contributed by atoms with Gasteiger partial charge >= 0.3 is 6.18 Å².